The number of benzene rings is 1. The van der Waals surface area contributed by atoms with Gasteiger partial charge in [-0.15, -0.1) is 0 Å². The van der Waals surface area contributed by atoms with Crippen molar-refractivity contribution in [1.82, 2.24) is 20.0 Å². The molecule has 0 spiro atoms. The Morgan fingerprint density at radius 2 is 1.96 bits per heavy atom. The maximum absolute atomic E-state index is 12.5. The van der Waals surface area contributed by atoms with Gasteiger partial charge in [0.15, 0.2) is 0 Å². The minimum absolute atomic E-state index is 0.0344. The van der Waals surface area contributed by atoms with Gasteiger partial charge in [0, 0.05) is 39.3 Å². The molecule has 7 nitrogen and oxygen atoms in total. The van der Waals surface area contributed by atoms with E-state index >= 15 is 0 Å². The highest BCUT2D eigenvalue weighted by molar-refractivity contribution is 5.79. The number of nitrogens with zero attached hydrogens (tertiary/aromatic N) is 4. The number of nitrogens with one attached hydrogen (secondary N) is 1. The summed E-state index contributed by atoms with van der Waals surface area (Å²) in [4.78, 5) is 30.0. The zero-order valence-corrected chi connectivity index (χ0v) is 15.9. The van der Waals surface area contributed by atoms with Crippen LogP contribution in [0.5, 0.6) is 0 Å². The van der Waals surface area contributed by atoms with E-state index in [1.54, 1.807) is 4.90 Å². The highest BCUT2D eigenvalue weighted by Crippen LogP contribution is 2.16. The van der Waals surface area contributed by atoms with Crippen molar-refractivity contribution in [2.75, 3.05) is 39.3 Å². The Balaban J connectivity index is 1.38. The summed E-state index contributed by atoms with van der Waals surface area (Å²) >= 11 is 0. The maximum atomic E-state index is 12.5. The maximum Gasteiger partial charge on any atom is 0.320 e. The number of hydrogen-bond acceptors (Lipinski definition) is 4. The monoisotopic (exact) mass is 369 g/mol. The Bertz CT molecular complexity index is 712. The largest absolute Gasteiger partial charge is 0.326 e. The molecule has 2 aliphatic rings. The third-order valence-electron chi connectivity index (χ3n) is 5.23. The van der Waals surface area contributed by atoms with E-state index in [1.165, 1.54) is 5.56 Å². The first kappa shape index (κ1) is 19.2. The van der Waals surface area contributed by atoms with Gasteiger partial charge in [0.1, 0.15) is 6.04 Å². The molecule has 0 saturated carbocycles. The molecule has 27 heavy (non-hydrogen) atoms. The molecule has 3 rings (SSSR count). The van der Waals surface area contributed by atoms with Crippen molar-refractivity contribution >= 4 is 11.9 Å². The van der Waals surface area contributed by atoms with Crippen LogP contribution in [0.2, 0.25) is 0 Å². The Hall–Kier alpha value is -2.59. The minimum Gasteiger partial charge on any atom is -0.326 e. The molecule has 2 heterocycles. The molecule has 0 aliphatic carbocycles. The van der Waals surface area contributed by atoms with Crippen LogP contribution in [0.4, 0.5) is 4.79 Å². The van der Waals surface area contributed by atoms with Crippen LogP contribution in [0, 0.1) is 18.3 Å². The van der Waals surface area contributed by atoms with E-state index < -0.39 is 0 Å². The number of amides is 3. The van der Waals surface area contributed by atoms with E-state index in [0.717, 1.165) is 24.9 Å². The number of aryl methyl sites for hydroxylation is 1. The fourth-order valence-corrected chi connectivity index (χ4v) is 3.61. The molecule has 0 aromatic heterocycles. The molecule has 7 heteroatoms. The van der Waals surface area contributed by atoms with Gasteiger partial charge in [-0.3, -0.25) is 4.79 Å². The summed E-state index contributed by atoms with van der Waals surface area (Å²) in [6.07, 6.45) is 1.66. The van der Waals surface area contributed by atoms with Gasteiger partial charge in [0.05, 0.1) is 12.6 Å². The van der Waals surface area contributed by atoms with Crippen LogP contribution in [0.1, 0.15) is 24.0 Å². The topological polar surface area (TPSA) is 79.7 Å². The molecule has 1 aromatic rings. The quantitative estimate of drug-likeness (QED) is 0.736. The molecule has 2 fully saturated rings. The van der Waals surface area contributed by atoms with Gasteiger partial charge >= 0.3 is 6.03 Å². The number of urea groups is 1. The highest BCUT2D eigenvalue weighted by Gasteiger charge is 2.29. The molecule has 1 N–H and O–H groups in total. The Morgan fingerprint density at radius 3 is 2.70 bits per heavy atom. The van der Waals surface area contributed by atoms with Crippen molar-refractivity contribution in [3.8, 4) is 6.07 Å². The van der Waals surface area contributed by atoms with Crippen LogP contribution in [-0.2, 0) is 11.3 Å². The van der Waals surface area contributed by atoms with E-state index in [1.807, 2.05) is 9.80 Å². The second kappa shape index (κ2) is 8.87. The van der Waals surface area contributed by atoms with Crippen LogP contribution in [0.3, 0.4) is 0 Å². The number of likely N-dealkylation sites (tertiary alicyclic amines) is 1. The zero-order valence-electron chi connectivity index (χ0n) is 15.9. The van der Waals surface area contributed by atoms with Crippen LogP contribution < -0.4 is 5.32 Å². The Kier molecular flexibility index (Phi) is 6.30. The minimum atomic E-state index is -0.283. The van der Waals surface area contributed by atoms with E-state index in [-0.39, 0.29) is 24.5 Å². The summed E-state index contributed by atoms with van der Waals surface area (Å²) in [5.74, 6) is -0.0344. The summed E-state index contributed by atoms with van der Waals surface area (Å²) in [5, 5.41) is 12.2. The summed E-state index contributed by atoms with van der Waals surface area (Å²) in [5.41, 5.74) is 2.35. The average molecular weight is 369 g/mol. The van der Waals surface area contributed by atoms with Crippen molar-refractivity contribution < 1.29 is 9.59 Å². The van der Waals surface area contributed by atoms with E-state index in [0.29, 0.717) is 32.7 Å². The second-order valence-corrected chi connectivity index (χ2v) is 7.23. The first-order chi connectivity index (χ1) is 13.1. The molecule has 0 bridgehead atoms. The van der Waals surface area contributed by atoms with Gasteiger partial charge in [0.25, 0.3) is 0 Å². The summed E-state index contributed by atoms with van der Waals surface area (Å²) in [7, 11) is 0. The lowest BCUT2D eigenvalue weighted by molar-refractivity contribution is -0.130. The Morgan fingerprint density at radius 1 is 1.22 bits per heavy atom. The predicted molar refractivity (Wildman–Crippen MR) is 102 cm³/mol. The fourth-order valence-electron chi connectivity index (χ4n) is 3.61. The van der Waals surface area contributed by atoms with Gasteiger partial charge in [0.2, 0.25) is 5.91 Å². The SMILES string of the molecule is Cc1ccc(CN2CCN(CCNCC(=O)N3CCCC3C#N)C2=O)cc1. The number of carbonyl (C=O) groups is 2. The molecule has 1 aromatic carbocycles. The Labute approximate surface area is 160 Å². The first-order valence-electron chi connectivity index (χ1n) is 9.57. The lowest BCUT2D eigenvalue weighted by Gasteiger charge is -2.21. The summed E-state index contributed by atoms with van der Waals surface area (Å²) in [6, 6.07) is 10.2. The van der Waals surface area contributed by atoms with Crippen LogP contribution in [0.15, 0.2) is 24.3 Å². The van der Waals surface area contributed by atoms with Crippen molar-refractivity contribution in [2.45, 2.75) is 32.4 Å². The summed E-state index contributed by atoms with van der Waals surface area (Å²) < 4.78 is 0. The molecule has 2 saturated heterocycles. The summed E-state index contributed by atoms with van der Waals surface area (Å²) in [6.45, 7) is 6.15. The number of rotatable bonds is 7. The number of hydrogen-bond donors (Lipinski definition) is 1. The lowest BCUT2D eigenvalue weighted by Crippen LogP contribution is -2.42. The molecule has 144 valence electrons. The number of carbonyl (C=O) groups excluding carboxylic acids is 2. The fraction of sp³-hybridized carbons (Fsp3) is 0.550. The van der Waals surface area contributed by atoms with Crippen LogP contribution in [-0.4, -0.2) is 71.9 Å². The van der Waals surface area contributed by atoms with Crippen LogP contribution in [0.25, 0.3) is 0 Å². The van der Waals surface area contributed by atoms with Gasteiger partial charge in [-0.25, -0.2) is 4.79 Å². The smallest absolute Gasteiger partial charge is 0.320 e. The first-order valence-corrected chi connectivity index (χ1v) is 9.57. The highest BCUT2D eigenvalue weighted by atomic mass is 16.2. The lowest BCUT2D eigenvalue weighted by atomic mass is 10.1. The van der Waals surface area contributed by atoms with Gasteiger partial charge in [-0.2, -0.15) is 5.26 Å². The van der Waals surface area contributed by atoms with Crippen molar-refractivity contribution in [3.63, 3.8) is 0 Å². The normalized spacial score (nSPS) is 19.6. The standard InChI is InChI=1S/C20H27N5O2/c1-16-4-6-17(7-5-16)15-24-12-11-23(20(24)27)10-8-22-14-19(26)25-9-2-3-18(25)13-21/h4-7,18,22H,2-3,8-12,14-15H2,1H3. The molecule has 3 amide bonds. The molecular weight excluding hydrogens is 342 g/mol. The second-order valence-electron chi connectivity index (χ2n) is 7.23. The van der Waals surface area contributed by atoms with Gasteiger partial charge in [-0.1, -0.05) is 29.8 Å². The molecule has 2 aliphatic heterocycles. The number of nitriles is 1. The third kappa shape index (κ3) is 4.77. The van der Waals surface area contributed by atoms with E-state index in [4.69, 9.17) is 5.26 Å². The third-order valence-corrected chi connectivity index (χ3v) is 5.23. The van der Waals surface area contributed by atoms with Crippen molar-refractivity contribution in [1.29, 1.82) is 5.26 Å². The van der Waals surface area contributed by atoms with Crippen molar-refractivity contribution in [3.05, 3.63) is 35.4 Å². The molecule has 0 radical (unpaired) electrons. The zero-order chi connectivity index (χ0) is 19.2. The van der Waals surface area contributed by atoms with Crippen LogP contribution >= 0.6 is 0 Å². The average Bonchev–Trinajstić information content (AvgIpc) is 3.28. The molecule has 1 atom stereocenters. The van der Waals surface area contributed by atoms with E-state index in [2.05, 4.69) is 42.6 Å². The van der Waals surface area contributed by atoms with Gasteiger partial charge in [-0.05, 0) is 25.3 Å². The van der Waals surface area contributed by atoms with Crippen molar-refractivity contribution in [2.24, 2.45) is 0 Å². The van der Waals surface area contributed by atoms with Gasteiger partial charge < -0.3 is 20.0 Å². The molecular formula is C20H27N5O2. The predicted octanol–water partition coefficient (Wildman–Crippen LogP) is 1.34. The van der Waals surface area contributed by atoms with E-state index in [9.17, 15) is 9.59 Å². The molecule has 1 unspecified atom stereocenters.